The summed E-state index contributed by atoms with van der Waals surface area (Å²) in [5, 5.41) is 10.7. The minimum atomic E-state index is -0.681. The van der Waals surface area contributed by atoms with Gasteiger partial charge in [-0.15, -0.1) is 0 Å². The second-order valence-electron chi connectivity index (χ2n) is 11.2. The molecule has 1 aliphatic heterocycles. The molecule has 1 unspecified atom stereocenters. The predicted molar refractivity (Wildman–Crippen MR) is 153 cm³/mol. The summed E-state index contributed by atoms with van der Waals surface area (Å²) < 4.78 is 5.83. The molecule has 2 aromatic rings. The number of urea groups is 1. The standard InChI is InChI=1S/C30H35Cl2N3O5/c1-33-18-28(36)35(30(33)39)12-13-40-27-11-4-20(14-25(27)32)17-34(16-19-2-5-21(6-3-19)29(37)38)26-10-7-22-15-23(31)8-9-24(22)26/h4,8-9,11,14-15,19,21,26H,2-3,5-7,10,12-13,16-18H2,1H3,(H,37,38). The summed E-state index contributed by atoms with van der Waals surface area (Å²) >= 11 is 12.9. The summed E-state index contributed by atoms with van der Waals surface area (Å²) in [6.07, 6.45) is 5.28. The van der Waals surface area contributed by atoms with E-state index in [1.807, 2.05) is 24.3 Å². The van der Waals surface area contributed by atoms with E-state index in [0.29, 0.717) is 23.2 Å². The maximum atomic E-state index is 12.1. The topological polar surface area (TPSA) is 90.4 Å². The fourth-order valence-corrected chi connectivity index (χ4v) is 6.75. The van der Waals surface area contributed by atoms with Gasteiger partial charge in [-0.05, 0) is 85.4 Å². The highest BCUT2D eigenvalue weighted by Gasteiger charge is 2.34. The molecule has 3 aliphatic rings. The van der Waals surface area contributed by atoms with Gasteiger partial charge in [-0.1, -0.05) is 35.3 Å². The highest BCUT2D eigenvalue weighted by molar-refractivity contribution is 6.32. The molecule has 214 valence electrons. The van der Waals surface area contributed by atoms with Crippen molar-refractivity contribution in [1.82, 2.24) is 14.7 Å². The van der Waals surface area contributed by atoms with Gasteiger partial charge in [0.2, 0.25) is 5.91 Å². The van der Waals surface area contributed by atoms with Crippen molar-refractivity contribution in [3.63, 3.8) is 0 Å². The van der Waals surface area contributed by atoms with Crippen molar-refractivity contribution in [2.24, 2.45) is 11.8 Å². The van der Waals surface area contributed by atoms with Crippen LogP contribution in [0.4, 0.5) is 4.79 Å². The lowest BCUT2D eigenvalue weighted by Crippen LogP contribution is -2.35. The number of amides is 3. The van der Waals surface area contributed by atoms with Gasteiger partial charge in [0.1, 0.15) is 18.9 Å². The molecule has 0 radical (unpaired) electrons. The fraction of sp³-hybridized carbons (Fsp3) is 0.500. The zero-order chi connectivity index (χ0) is 28.4. The largest absolute Gasteiger partial charge is 0.490 e. The van der Waals surface area contributed by atoms with Crippen LogP contribution in [0.15, 0.2) is 36.4 Å². The number of ether oxygens (including phenoxy) is 1. The lowest BCUT2D eigenvalue weighted by atomic mass is 9.81. The quantitative estimate of drug-likeness (QED) is 0.361. The number of carbonyl (C=O) groups is 3. The second kappa shape index (κ2) is 12.4. The van der Waals surface area contributed by atoms with E-state index in [4.69, 9.17) is 27.9 Å². The van der Waals surface area contributed by atoms with E-state index in [2.05, 4.69) is 17.0 Å². The third-order valence-corrected chi connectivity index (χ3v) is 9.00. The van der Waals surface area contributed by atoms with Gasteiger partial charge in [-0.3, -0.25) is 19.4 Å². The molecular formula is C30H35Cl2N3O5. The zero-order valence-electron chi connectivity index (χ0n) is 22.7. The minimum absolute atomic E-state index is 0.0876. The number of nitrogens with zero attached hydrogens (tertiary/aromatic N) is 3. The molecule has 1 saturated heterocycles. The van der Waals surface area contributed by atoms with Crippen LogP contribution in [-0.2, 0) is 22.6 Å². The smallest absolute Gasteiger partial charge is 0.327 e. The van der Waals surface area contributed by atoms with Crippen molar-refractivity contribution in [1.29, 1.82) is 0 Å². The van der Waals surface area contributed by atoms with E-state index < -0.39 is 5.97 Å². The molecule has 0 bridgehead atoms. The van der Waals surface area contributed by atoms with Gasteiger partial charge in [-0.2, -0.15) is 0 Å². The molecule has 5 rings (SSSR count). The lowest BCUT2D eigenvalue weighted by molar-refractivity contribution is -0.143. The second-order valence-corrected chi connectivity index (χ2v) is 12.0. The third-order valence-electron chi connectivity index (χ3n) is 8.47. The Morgan fingerprint density at radius 3 is 2.52 bits per heavy atom. The number of aryl methyl sites for hydroxylation is 1. The van der Waals surface area contributed by atoms with Crippen LogP contribution in [0, 0.1) is 11.8 Å². The molecule has 0 spiro atoms. The minimum Gasteiger partial charge on any atom is -0.490 e. The fourth-order valence-electron chi connectivity index (χ4n) is 6.30. The SMILES string of the molecule is CN1CC(=O)N(CCOc2ccc(CN(CC3CCC(C(=O)O)CC3)C3CCc4cc(Cl)ccc43)cc2Cl)C1=O. The number of carbonyl (C=O) groups excluding carboxylic acids is 2. The average Bonchev–Trinajstić information content (AvgIpc) is 3.44. The van der Waals surface area contributed by atoms with Crippen molar-refractivity contribution in [3.8, 4) is 5.75 Å². The molecule has 0 aromatic heterocycles. The highest BCUT2D eigenvalue weighted by atomic mass is 35.5. The number of carboxylic acids is 1. The van der Waals surface area contributed by atoms with Crippen molar-refractivity contribution in [3.05, 3.63) is 63.1 Å². The van der Waals surface area contributed by atoms with Crippen LogP contribution >= 0.6 is 23.2 Å². The van der Waals surface area contributed by atoms with Crippen LogP contribution in [0.1, 0.15) is 54.8 Å². The van der Waals surface area contributed by atoms with E-state index in [-0.39, 0.29) is 43.6 Å². The Bertz CT molecular complexity index is 1280. The molecular weight excluding hydrogens is 553 g/mol. The van der Waals surface area contributed by atoms with Crippen molar-refractivity contribution in [2.45, 2.75) is 51.1 Å². The number of hydrogen-bond acceptors (Lipinski definition) is 5. The number of imide groups is 1. The van der Waals surface area contributed by atoms with Crippen LogP contribution in [0.5, 0.6) is 5.75 Å². The Morgan fingerprint density at radius 1 is 1.07 bits per heavy atom. The molecule has 2 fully saturated rings. The summed E-state index contributed by atoms with van der Waals surface area (Å²) in [5.41, 5.74) is 3.66. The van der Waals surface area contributed by atoms with E-state index in [1.54, 1.807) is 7.05 Å². The summed E-state index contributed by atoms with van der Waals surface area (Å²) in [6, 6.07) is 11.9. The molecule has 1 heterocycles. The number of fused-ring (bicyclic) bond motifs is 1. The first-order chi connectivity index (χ1) is 19.2. The van der Waals surface area contributed by atoms with E-state index >= 15 is 0 Å². The molecule has 40 heavy (non-hydrogen) atoms. The maximum absolute atomic E-state index is 12.1. The molecule has 10 heteroatoms. The monoisotopic (exact) mass is 587 g/mol. The van der Waals surface area contributed by atoms with Gasteiger partial charge in [0.25, 0.3) is 0 Å². The predicted octanol–water partition coefficient (Wildman–Crippen LogP) is 5.65. The van der Waals surface area contributed by atoms with Gasteiger partial charge in [-0.25, -0.2) is 4.79 Å². The number of rotatable bonds is 10. The van der Waals surface area contributed by atoms with Crippen molar-refractivity contribution >= 4 is 41.1 Å². The van der Waals surface area contributed by atoms with Crippen LogP contribution < -0.4 is 4.74 Å². The Labute approximate surface area is 244 Å². The number of likely N-dealkylation sites (N-methyl/N-ethyl adjacent to an activating group) is 1. The number of halogens is 2. The van der Waals surface area contributed by atoms with Crippen LogP contribution in [0.3, 0.4) is 0 Å². The van der Waals surface area contributed by atoms with Gasteiger partial charge in [0, 0.05) is 31.2 Å². The van der Waals surface area contributed by atoms with E-state index in [9.17, 15) is 19.5 Å². The molecule has 1 saturated carbocycles. The van der Waals surface area contributed by atoms with Gasteiger partial charge < -0.3 is 14.7 Å². The normalized spacial score (nSPS) is 22.8. The Kier molecular flexibility index (Phi) is 8.88. The van der Waals surface area contributed by atoms with Crippen molar-refractivity contribution in [2.75, 3.05) is 33.3 Å². The summed E-state index contributed by atoms with van der Waals surface area (Å²) in [7, 11) is 1.60. The van der Waals surface area contributed by atoms with Gasteiger partial charge in [0.15, 0.2) is 0 Å². The molecule has 2 aromatic carbocycles. The number of hydrogen-bond donors (Lipinski definition) is 1. The third kappa shape index (κ3) is 6.40. The first kappa shape index (κ1) is 28.7. The molecule has 1 atom stereocenters. The van der Waals surface area contributed by atoms with Crippen LogP contribution in [-0.4, -0.2) is 71.0 Å². The lowest BCUT2D eigenvalue weighted by Gasteiger charge is -2.35. The summed E-state index contributed by atoms with van der Waals surface area (Å²) in [5.74, 6) is -0.185. The molecule has 1 N–H and O–H groups in total. The number of aliphatic carboxylic acids is 1. The van der Waals surface area contributed by atoms with Gasteiger partial charge in [0.05, 0.1) is 17.5 Å². The highest BCUT2D eigenvalue weighted by Crippen LogP contribution is 2.40. The van der Waals surface area contributed by atoms with E-state index in [1.165, 1.54) is 20.9 Å². The zero-order valence-corrected chi connectivity index (χ0v) is 24.2. The first-order valence-corrected chi connectivity index (χ1v) is 14.7. The van der Waals surface area contributed by atoms with Crippen LogP contribution in [0.2, 0.25) is 10.0 Å². The van der Waals surface area contributed by atoms with Gasteiger partial charge >= 0.3 is 12.0 Å². The summed E-state index contributed by atoms with van der Waals surface area (Å²) in [6.45, 7) is 2.01. The average molecular weight is 589 g/mol. The first-order valence-electron chi connectivity index (χ1n) is 13.9. The Hall–Kier alpha value is -2.81. The maximum Gasteiger partial charge on any atom is 0.327 e. The summed E-state index contributed by atoms with van der Waals surface area (Å²) in [4.78, 5) is 40.6. The van der Waals surface area contributed by atoms with Crippen LogP contribution in [0.25, 0.3) is 0 Å². The number of carboxylic acid groups (broad SMARTS) is 1. The number of benzene rings is 2. The Morgan fingerprint density at radius 2 is 1.85 bits per heavy atom. The molecule has 2 aliphatic carbocycles. The Balaban J connectivity index is 1.26. The van der Waals surface area contributed by atoms with E-state index in [0.717, 1.165) is 55.7 Å². The molecule has 3 amide bonds. The van der Waals surface area contributed by atoms with Crippen molar-refractivity contribution < 1.29 is 24.2 Å². The molecule has 8 nitrogen and oxygen atoms in total.